The zero-order valence-electron chi connectivity index (χ0n) is 21.8. The van der Waals surface area contributed by atoms with Crippen LogP contribution >= 0.6 is 12.2 Å². The van der Waals surface area contributed by atoms with E-state index in [2.05, 4.69) is 58.3 Å². The highest BCUT2D eigenvalue weighted by molar-refractivity contribution is 7.80. The van der Waals surface area contributed by atoms with Gasteiger partial charge in [-0.3, -0.25) is 4.90 Å². The quantitative estimate of drug-likeness (QED) is 0.385. The molecule has 0 spiro atoms. The van der Waals surface area contributed by atoms with Crippen molar-refractivity contribution in [2.24, 2.45) is 11.7 Å². The van der Waals surface area contributed by atoms with Crippen molar-refractivity contribution < 1.29 is 0 Å². The van der Waals surface area contributed by atoms with Crippen LogP contribution < -0.4 is 16.0 Å². The molecule has 2 fully saturated rings. The van der Waals surface area contributed by atoms with Crippen LogP contribution in [0.5, 0.6) is 0 Å². The minimum atomic E-state index is 0.745. The molecule has 4 rings (SSSR count). The van der Waals surface area contributed by atoms with E-state index in [9.17, 15) is 0 Å². The average molecular weight is 497 g/mol. The predicted molar refractivity (Wildman–Crippen MR) is 153 cm³/mol. The van der Waals surface area contributed by atoms with E-state index in [4.69, 9.17) is 22.9 Å². The van der Waals surface area contributed by atoms with Gasteiger partial charge in [-0.15, -0.1) is 0 Å². The molecule has 2 saturated heterocycles. The molecule has 2 aliphatic heterocycles. The SMILES string of the molecule is Cc1cc(N2CCN(CC3CCN(C)CC3)CC2)nc2ccc(CCC(=S)NCCCCN)cc12. The first-order chi connectivity index (χ1) is 17.0. The number of piperazine rings is 1. The minimum absolute atomic E-state index is 0.745. The Kier molecular flexibility index (Phi) is 9.72. The highest BCUT2D eigenvalue weighted by atomic mass is 32.1. The number of aryl methyl sites for hydroxylation is 2. The fraction of sp³-hybridized carbons (Fsp3) is 0.643. The van der Waals surface area contributed by atoms with Crippen molar-refractivity contribution in [3.63, 3.8) is 0 Å². The van der Waals surface area contributed by atoms with Crippen molar-refractivity contribution in [1.82, 2.24) is 20.1 Å². The number of pyridine rings is 1. The molecular weight excluding hydrogens is 452 g/mol. The van der Waals surface area contributed by atoms with Crippen LogP contribution in [0.2, 0.25) is 0 Å². The molecule has 2 aromatic rings. The van der Waals surface area contributed by atoms with Gasteiger partial charge in [-0.1, -0.05) is 18.3 Å². The number of fused-ring (bicyclic) bond motifs is 1. The summed E-state index contributed by atoms with van der Waals surface area (Å²) in [5.41, 5.74) is 9.29. The van der Waals surface area contributed by atoms with Gasteiger partial charge in [-0.05, 0) is 101 Å². The standard InChI is InChI=1S/C28H44N6S/c1-22-19-27(34-17-15-33(16-18-34)21-24-9-13-32(2)14-10-24)31-26-7-5-23(20-25(22)26)6-8-28(35)30-12-4-3-11-29/h5,7,19-20,24H,3-4,6,8-18,21,29H2,1-2H3,(H,30,35). The summed E-state index contributed by atoms with van der Waals surface area (Å²) in [5, 5.41) is 4.62. The summed E-state index contributed by atoms with van der Waals surface area (Å²) in [6.45, 7) is 12.1. The molecule has 1 aromatic heterocycles. The fourth-order valence-corrected chi connectivity index (χ4v) is 5.56. The van der Waals surface area contributed by atoms with Gasteiger partial charge in [0.1, 0.15) is 5.82 Å². The number of rotatable bonds is 10. The first-order valence-corrected chi connectivity index (χ1v) is 14.0. The number of benzene rings is 1. The van der Waals surface area contributed by atoms with Crippen molar-refractivity contribution in [3.05, 3.63) is 35.4 Å². The number of nitrogens with zero attached hydrogens (tertiary/aromatic N) is 4. The van der Waals surface area contributed by atoms with E-state index in [-0.39, 0.29) is 0 Å². The predicted octanol–water partition coefficient (Wildman–Crippen LogP) is 3.60. The molecule has 3 heterocycles. The Balaban J connectivity index is 1.29. The number of aromatic nitrogens is 1. The molecule has 35 heavy (non-hydrogen) atoms. The second-order valence-electron chi connectivity index (χ2n) is 10.5. The van der Waals surface area contributed by atoms with Crippen molar-refractivity contribution in [2.75, 3.05) is 70.9 Å². The molecule has 0 unspecified atom stereocenters. The first-order valence-electron chi connectivity index (χ1n) is 13.5. The molecule has 0 radical (unpaired) electrons. The molecule has 6 nitrogen and oxygen atoms in total. The van der Waals surface area contributed by atoms with E-state index in [0.29, 0.717) is 0 Å². The normalized spacial score (nSPS) is 18.3. The number of piperidine rings is 1. The van der Waals surface area contributed by atoms with Crippen LogP contribution in [0.15, 0.2) is 24.3 Å². The van der Waals surface area contributed by atoms with E-state index in [0.717, 1.165) is 87.2 Å². The molecule has 3 N–H and O–H groups in total. The highest BCUT2D eigenvalue weighted by Crippen LogP contribution is 2.25. The van der Waals surface area contributed by atoms with Gasteiger partial charge in [-0.25, -0.2) is 4.98 Å². The lowest BCUT2D eigenvalue weighted by atomic mass is 9.96. The molecule has 192 valence electrons. The number of thiocarbonyl (C=S) groups is 1. The van der Waals surface area contributed by atoms with Crippen molar-refractivity contribution >= 4 is 33.9 Å². The maximum absolute atomic E-state index is 5.56. The maximum Gasteiger partial charge on any atom is 0.129 e. The molecule has 0 saturated carbocycles. The maximum atomic E-state index is 5.56. The number of hydrogen-bond donors (Lipinski definition) is 2. The number of nitrogens with one attached hydrogen (secondary N) is 1. The second kappa shape index (κ2) is 12.9. The van der Waals surface area contributed by atoms with Crippen LogP contribution in [0.3, 0.4) is 0 Å². The zero-order valence-corrected chi connectivity index (χ0v) is 22.6. The lowest BCUT2D eigenvalue weighted by molar-refractivity contribution is 0.155. The summed E-state index contributed by atoms with van der Waals surface area (Å²) >= 11 is 5.51. The monoisotopic (exact) mass is 496 g/mol. The third kappa shape index (κ3) is 7.59. The van der Waals surface area contributed by atoms with E-state index in [1.165, 1.54) is 49.0 Å². The Bertz CT molecular complexity index is 963. The van der Waals surface area contributed by atoms with Gasteiger partial charge < -0.3 is 20.9 Å². The van der Waals surface area contributed by atoms with E-state index >= 15 is 0 Å². The molecule has 2 aliphatic rings. The number of hydrogen-bond acceptors (Lipinski definition) is 6. The molecule has 0 amide bonds. The molecule has 0 atom stereocenters. The van der Waals surface area contributed by atoms with Crippen molar-refractivity contribution in [3.8, 4) is 0 Å². The van der Waals surface area contributed by atoms with Crippen molar-refractivity contribution in [1.29, 1.82) is 0 Å². The third-order valence-electron chi connectivity index (χ3n) is 7.71. The summed E-state index contributed by atoms with van der Waals surface area (Å²) < 4.78 is 0. The van der Waals surface area contributed by atoms with Gasteiger partial charge >= 0.3 is 0 Å². The Morgan fingerprint density at radius 2 is 1.86 bits per heavy atom. The zero-order chi connectivity index (χ0) is 24.6. The van der Waals surface area contributed by atoms with Crippen LogP contribution in [0, 0.1) is 12.8 Å². The Hall–Kier alpha value is -1.80. The summed E-state index contributed by atoms with van der Waals surface area (Å²) in [4.78, 5) is 13.6. The van der Waals surface area contributed by atoms with Crippen LogP contribution in [0.4, 0.5) is 5.82 Å². The number of likely N-dealkylation sites (tertiary alicyclic amines) is 1. The minimum Gasteiger partial charge on any atom is -0.380 e. The van der Waals surface area contributed by atoms with Gasteiger partial charge in [0, 0.05) is 51.1 Å². The van der Waals surface area contributed by atoms with Crippen LogP contribution in [0.25, 0.3) is 10.9 Å². The van der Waals surface area contributed by atoms with E-state index in [1.54, 1.807) is 0 Å². The molecule has 0 bridgehead atoms. The number of anilines is 1. The number of nitrogens with two attached hydrogens (primary N) is 1. The van der Waals surface area contributed by atoms with Gasteiger partial charge in [-0.2, -0.15) is 0 Å². The lowest BCUT2D eigenvalue weighted by Crippen LogP contribution is -2.49. The first kappa shape index (κ1) is 26.3. The molecular formula is C28H44N6S. The molecule has 7 heteroatoms. The average Bonchev–Trinajstić information content (AvgIpc) is 2.87. The summed E-state index contributed by atoms with van der Waals surface area (Å²) in [6, 6.07) is 8.99. The summed E-state index contributed by atoms with van der Waals surface area (Å²) in [6.07, 6.45) is 6.66. The fourth-order valence-electron chi connectivity index (χ4n) is 5.35. The Morgan fingerprint density at radius 3 is 2.60 bits per heavy atom. The van der Waals surface area contributed by atoms with Crippen LogP contribution in [0.1, 0.15) is 43.2 Å². The van der Waals surface area contributed by atoms with Crippen LogP contribution in [-0.4, -0.2) is 85.7 Å². The van der Waals surface area contributed by atoms with E-state index in [1.807, 2.05) is 0 Å². The second-order valence-corrected chi connectivity index (χ2v) is 11.0. The van der Waals surface area contributed by atoms with Gasteiger partial charge in [0.25, 0.3) is 0 Å². The van der Waals surface area contributed by atoms with Gasteiger partial charge in [0.15, 0.2) is 0 Å². The smallest absolute Gasteiger partial charge is 0.129 e. The van der Waals surface area contributed by atoms with E-state index < -0.39 is 0 Å². The Morgan fingerprint density at radius 1 is 1.09 bits per heavy atom. The van der Waals surface area contributed by atoms with Crippen LogP contribution in [-0.2, 0) is 6.42 Å². The number of unbranched alkanes of at least 4 members (excludes halogenated alkanes) is 1. The summed E-state index contributed by atoms with van der Waals surface area (Å²) in [7, 11) is 2.24. The summed E-state index contributed by atoms with van der Waals surface area (Å²) in [5.74, 6) is 2.00. The highest BCUT2D eigenvalue weighted by Gasteiger charge is 2.23. The van der Waals surface area contributed by atoms with Crippen molar-refractivity contribution in [2.45, 2.75) is 45.4 Å². The molecule has 0 aliphatic carbocycles. The van der Waals surface area contributed by atoms with Gasteiger partial charge in [0.2, 0.25) is 0 Å². The van der Waals surface area contributed by atoms with Gasteiger partial charge in [0.05, 0.1) is 10.5 Å². The lowest BCUT2D eigenvalue weighted by Gasteiger charge is -2.38. The largest absolute Gasteiger partial charge is 0.380 e. The topological polar surface area (TPSA) is 60.7 Å². The molecule has 1 aromatic carbocycles. The Labute approximate surface area is 217 Å². The third-order valence-corrected chi connectivity index (χ3v) is 8.06.